The molecule has 2 aliphatic heterocycles. The van der Waals surface area contributed by atoms with Crippen molar-refractivity contribution in [2.75, 3.05) is 14.2 Å². The molecule has 0 aromatic heterocycles. The first-order valence-corrected chi connectivity index (χ1v) is 8.12. The third-order valence-electron chi connectivity index (χ3n) is 5.72. The highest BCUT2D eigenvalue weighted by atomic mass is 16.5. The van der Waals surface area contributed by atoms with Crippen LogP contribution in [0.4, 0.5) is 0 Å². The maximum absolute atomic E-state index is 11.4. The van der Waals surface area contributed by atoms with Crippen LogP contribution in [0.3, 0.4) is 0 Å². The number of ether oxygens (including phenoxy) is 1. The molecule has 0 amide bonds. The number of benzene rings is 2. The van der Waals surface area contributed by atoms with Gasteiger partial charge in [-0.2, -0.15) is 0 Å². The lowest BCUT2D eigenvalue weighted by Crippen LogP contribution is -2.47. The van der Waals surface area contributed by atoms with E-state index in [0.717, 1.165) is 34.9 Å². The Labute approximate surface area is 131 Å². The summed E-state index contributed by atoms with van der Waals surface area (Å²) in [6.07, 6.45) is 4.10. The third kappa shape index (κ3) is 2.03. The van der Waals surface area contributed by atoms with Crippen molar-refractivity contribution in [2.45, 2.75) is 43.4 Å². The molecule has 0 saturated carbocycles. The van der Waals surface area contributed by atoms with E-state index in [1.807, 2.05) is 12.1 Å². The molecule has 22 heavy (non-hydrogen) atoms. The van der Waals surface area contributed by atoms with Crippen LogP contribution in [0, 0.1) is 0 Å². The van der Waals surface area contributed by atoms with Crippen molar-refractivity contribution >= 4 is 10.8 Å². The van der Waals surface area contributed by atoms with Crippen LogP contribution in [0.5, 0.6) is 5.75 Å². The molecule has 2 saturated heterocycles. The third-order valence-corrected chi connectivity index (χ3v) is 5.72. The summed E-state index contributed by atoms with van der Waals surface area (Å²) >= 11 is 0. The van der Waals surface area contributed by atoms with E-state index in [0.29, 0.717) is 12.1 Å². The highest BCUT2D eigenvalue weighted by molar-refractivity contribution is 5.87. The fourth-order valence-electron chi connectivity index (χ4n) is 4.46. The van der Waals surface area contributed by atoms with Gasteiger partial charge < -0.3 is 14.7 Å². The Hall–Kier alpha value is -1.58. The second kappa shape index (κ2) is 4.97. The van der Waals surface area contributed by atoms with Gasteiger partial charge in [0, 0.05) is 12.1 Å². The van der Waals surface area contributed by atoms with Crippen LogP contribution in [-0.2, 0) is 5.60 Å². The van der Waals surface area contributed by atoms with Crippen LogP contribution >= 0.6 is 0 Å². The highest BCUT2D eigenvalue weighted by Gasteiger charge is 2.47. The quantitative estimate of drug-likeness (QED) is 0.923. The Kier molecular flexibility index (Phi) is 3.17. The SMILES string of the molecule is COc1ccc2c(C3(O)CC4CCC(C3)N4C)cccc2c1. The zero-order chi connectivity index (χ0) is 15.3. The van der Waals surface area contributed by atoms with E-state index in [9.17, 15) is 5.11 Å². The summed E-state index contributed by atoms with van der Waals surface area (Å²) < 4.78 is 5.32. The van der Waals surface area contributed by atoms with Crippen molar-refractivity contribution in [1.82, 2.24) is 4.90 Å². The molecule has 2 aliphatic rings. The predicted octanol–water partition coefficient (Wildman–Crippen LogP) is 3.29. The molecule has 3 nitrogen and oxygen atoms in total. The molecule has 2 heterocycles. The molecule has 2 fully saturated rings. The van der Waals surface area contributed by atoms with Crippen LogP contribution in [0.2, 0.25) is 0 Å². The Morgan fingerprint density at radius 1 is 1.14 bits per heavy atom. The Balaban J connectivity index is 1.81. The van der Waals surface area contributed by atoms with Crippen LogP contribution in [-0.4, -0.2) is 36.2 Å². The summed E-state index contributed by atoms with van der Waals surface area (Å²) in [4.78, 5) is 2.46. The number of hydrogen-bond acceptors (Lipinski definition) is 3. The summed E-state index contributed by atoms with van der Waals surface area (Å²) in [5.74, 6) is 0.861. The molecule has 0 spiro atoms. The summed E-state index contributed by atoms with van der Waals surface area (Å²) in [5, 5.41) is 13.7. The summed E-state index contributed by atoms with van der Waals surface area (Å²) in [6.45, 7) is 0. The number of fused-ring (bicyclic) bond motifs is 3. The van der Waals surface area contributed by atoms with Crippen molar-refractivity contribution in [1.29, 1.82) is 0 Å². The van der Waals surface area contributed by atoms with Gasteiger partial charge in [-0.15, -0.1) is 0 Å². The first-order valence-electron chi connectivity index (χ1n) is 8.12. The molecular formula is C19H23NO2. The summed E-state index contributed by atoms with van der Waals surface area (Å²) in [6, 6.07) is 13.4. The molecule has 4 rings (SSSR count). The van der Waals surface area contributed by atoms with Gasteiger partial charge in [-0.05, 0) is 61.2 Å². The maximum atomic E-state index is 11.4. The van der Waals surface area contributed by atoms with Gasteiger partial charge in [-0.1, -0.05) is 24.3 Å². The van der Waals surface area contributed by atoms with Gasteiger partial charge >= 0.3 is 0 Å². The highest BCUT2D eigenvalue weighted by Crippen LogP contribution is 2.46. The van der Waals surface area contributed by atoms with Crippen molar-refractivity contribution in [2.24, 2.45) is 0 Å². The average Bonchev–Trinajstić information content (AvgIpc) is 2.75. The second-order valence-electron chi connectivity index (χ2n) is 6.88. The summed E-state index contributed by atoms with van der Waals surface area (Å²) in [7, 11) is 3.89. The molecule has 0 aliphatic carbocycles. The molecule has 3 heteroatoms. The fourth-order valence-corrected chi connectivity index (χ4v) is 4.46. The maximum Gasteiger partial charge on any atom is 0.119 e. The van der Waals surface area contributed by atoms with E-state index < -0.39 is 5.60 Å². The number of rotatable bonds is 2. The topological polar surface area (TPSA) is 32.7 Å². The van der Waals surface area contributed by atoms with Crippen LogP contribution < -0.4 is 4.74 Å². The normalized spacial score (nSPS) is 31.6. The zero-order valence-corrected chi connectivity index (χ0v) is 13.2. The van der Waals surface area contributed by atoms with Gasteiger partial charge in [0.2, 0.25) is 0 Å². The number of aliphatic hydroxyl groups is 1. The number of methoxy groups -OCH3 is 1. The molecule has 1 N–H and O–H groups in total. The van der Waals surface area contributed by atoms with Gasteiger partial charge in [0.25, 0.3) is 0 Å². The van der Waals surface area contributed by atoms with E-state index in [1.54, 1.807) is 7.11 Å². The monoisotopic (exact) mass is 297 g/mol. The largest absolute Gasteiger partial charge is 0.497 e. The average molecular weight is 297 g/mol. The van der Waals surface area contributed by atoms with Gasteiger partial charge in [-0.3, -0.25) is 0 Å². The lowest BCUT2D eigenvalue weighted by molar-refractivity contribution is -0.0482. The Morgan fingerprint density at radius 2 is 1.86 bits per heavy atom. The zero-order valence-electron chi connectivity index (χ0n) is 13.2. The number of piperidine rings is 1. The first kappa shape index (κ1) is 14.0. The minimum Gasteiger partial charge on any atom is -0.497 e. The molecule has 2 atom stereocenters. The lowest BCUT2D eigenvalue weighted by atomic mass is 9.79. The minimum atomic E-state index is -0.702. The fraction of sp³-hybridized carbons (Fsp3) is 0.474. The van der Waals surface area contributed by atoms with Gasteiger partial charge in [0.1, 0.15) is 5.75 Å². The van der Waals surface area contributed by atoms with Crippen molar-refractivity contribution in [3.05, 3.63) is 42.0 Å². The van der Waals surface area contributed by atoms with Crippen LogP contribution in [0.15, 0.2) is 36.4 Å². The molecule has 2 bridgehead atoms. The second-order valence-corrected chi connectivity index (χ2v) is 6.88. The molecule has 2 aromatic carbocycles. The van der Waals surface area contributed by atoms with Crippen molar-refractivity contribution in [3.63, 3.8) is 0 Å². The number of hydrogen-bond donors (Lipinski definition) is 1. The van der Waals surface area contributed by atoms with Crippen LogP contribution in [0.25, 0.3) is 10.8 Å². The molecule has 2 unspecified atom stereocenters. The van der Waals surface area contributed by atoms with E-state index >= 15 is 0 Å². The Bertz CT molecular complexity index is 698. The lowest BCUT2D eigenvalue weighted by Gasteiger charge is -2.42. The molecular weight excluding hydrogens is 274 g/mol. The van der Waals surface area contributed by atoms with Gasteiger partial charge in [-0.25, -0.2) is 0 Å². The van der Waals surface area contributed by atoms with Crippen LogP contribution in [0.1, 0.15) is 31.2 Å². The van der Waals surface area contributed by atoms with Gasteiger partial charge in [0.15, 0.2) is 0 Å². The predicted molar refractivity (Wildman–Crippen MR) is 88.2 cm³/mol. The minimum absolute atomic E-state index is 0.511. The summed E-state index contributed by atoms with van der Waals surface area (Å²) in [5.41, 5.74) is 0.379. The van der Waals surface area contributed by atoms with Crippen molar-refractivity contribution < 1.29 is 9.84 Å². The first-order chi connectivity index (χ1) is 10.6. The van der Waals surface area contributed by atoms with Gasteiger partial charge in [0.05, 0.1) is 12.7 Å². The molecule has 116 valence electrons. The van der Waals surface area contributed by atoms with E-state index in [-0.39, 0.29) is 0 Å². The van der Waals surface area contributed by atoms with E-state index in [1.165, 1.54) is 12.8 Å². The van der Waals surface area contributed by atoms with E-state index in [2.05, 4.69) is 36.2 Å². The number of nitrogens with zero attached hydrogens (tertiary/aromatic N) is 1. The van der Waals surface area contributed by atoms with Crippen molar-refractivity contribution in [3.8, 4) is 5.75 Å². The standard InChI is InChI=1S/C19H23NO2/c1-20-14-6-7-15(20)12-19(21,11-14)18-5-3-4-13-10-16(22-2)8-9-17(13)18/h3-5,8-10,14-15,21H,6-7,11-12H2,1-2H3. The van der Waals surface area contributed by atoms with E-state index in [4.69, 9.17) is 4.74 Å². The molecule has 0 radical (unpaired) electrons. The smallest absolute Gasteiger partial charge is 0.119 e. The molecule has 2 aromatic rings. The Morgan fingerprint density at radius 3 is 2.55 bits per heavy atom.